The van der Waals surface area contributed by atoms with Crippen LogP contribution < -0.4 is 5.32 Å². The average molecular weight is 404 g/mol. The number of carbonyl (C=O) groups is 1. The minimum Gasteiger partial charge on any atom is -0.326 e. The van der Waals surface area contributed by atoms with Gasteiger partial charge >= 0.3 is 0 Å². The summed E-state index contributed by atoms with van der Waals surface area (Å²) in [7, 11) is 1.88. The van der Waals surface area contributed by atoms with Crippen LogP contribution in [0.25, 0.3) is 0 Å². The van der Waals surface area contributed by atoms with Gasteiger partial charge in [-0.3, -0.25) is 9.69 Å². The summed E-state index contributed by atoms with van der Waals surface area (Å²) in [6, 6.07) is 18.4. The van der Waals surface area contributed by atoms with Gasteiger partial charge in [0, 0.05) is 18.8 Å². The van der Waals surface area contributed by atoms with Crippen LogP contribution in [0.1, 0.15) is 27.9 Å². The average Bonchev–Trinajstić information content (AvgIpc) is 2.94. The SMILES string of the molecule is Cc1c(C#N)c(NC(=O)CN(C)Cc2ccccc2)n(Cc2ccc(F)cc2)c1C. The molecule has 0 bridgehead atoms. The molecule has 3 rings (SSSR count). The number of anilines is 1. The van der Waals surface area contributed by atoms with Gasteiger partial charge in [-0.05, 0) is 49.7 Å². The number of hydrogen-bond acceptors (Lipinski definition) is 3. The molecule has 0 aliphatic rings. The quantitative estimate of drug-likeness (QED) is 0.641. The lowest BCUT2D eigenvalue weighted by atomic mass is 10.2. The van der Waals surface area contributed by atoms with E-state index in [0.29, 0.717) is 24.5 Å². The molecular weight excluding hydrogens is 379 g/mol. The third-order valence-electron chi connectivity index (χ3n) is 5.16. The second-order valence-electron chi connectivity index (χ2n) is 7.46. The number of carbonyl (C=O) groups excluding carboxylic acids is 1. The minimum atomic E-state index is -0.299. The predicted molar refractivity (Wildman–Crippen MR) is 116 cm³/mol. The Bertz CT molecular complexity index is 1070. The Labute approximate surface area is 176 Å². The maximum absolute atomic E-state index is 13.2. The standard InChI is InChI=1S/C24H25FN4O/c1-17-18(2)29(15-20-9-11-21(25)12-10-20)24(22(17)13-26)27-23(30)16-28(3)14-19-7-5-4-6-8-19/h4-12H,14-16H2,1-3H3,(H,27,30). The summed E-state index contributed by atoms with van der Waals surface area (Å²) in [5, 5.41) is 12.6. The first kappa shape index (κ1) is 21.3. The van der Waals surface area contributed by atoms with Crippen molar-refractivity contribution in [2.45, 2.75) is 26.9 Å². The van der Waals surface area contributed by atoms with Crippen LogP contribution in [0, 0.1) is 31.0 Å². The predicted octanol–water partition coefficient (Wildman–Crippen LogP) is 4.23. The number of hydrogen-bond donors (Lipinski definition) is 1. The van der Waals surface area contributed by atoms with E-state index in [1.165, 1.54) is 12.1 Å². The number of amides is 1. The molecule has 1 N–H and O–H groups in total. The highest BCUT2D eigenvalue weighted by Crippen LogP contribution is 2.27. The van der Waals surface area contributed by atoms with Crippen molar-refractivity contribution < 1.29 is 9.18 Å². The zero-order valence-corrected chi connectivity index (χ0v) is 17.4. The summed E-state index contributed by atoms with van der Waals surface area (Å²) >= 11 is 0. The van der Waals surface area contributed by atoms with Crippen molar-refractivity contribution in [3.8, 4) is 6.07 Å². The first-order valence-corrected chi connectivity index (χ1v) is 9.75. The van der Waals surface area contributed by atoms with Crippen molar-refractivity contribution in [3.63, 3.8) is 0 Å². The molecule has 5 nitrogen and oxygen atoms in total. The third-order valence-corrected chi connectivity index (χ3v) is 5.16. The van der Waals surface area contributed by atoms with Crippen LogP contribution in [0.4, 0.5) is 10.2 Å². The minimum absolute atomic E-state index is 0.192. The zero-order valence-electron chi connectivity index (χ0n) is 17.4. The monoisotopic (exact) mass is 404 g/mol. The lowest BCUT2D eigenvalue weighted by molar-refractivity contribution is -0.117. The van der Waals surface area contributed by atoms with Crippen LogP contribution in [0.5, 0.6) is 0 Å². The third kappa shape index (κ3) is 4.94. The highest BCUT2D eigenvalue weighted by atomic mass is 19.1. The Morgan fingerprint density at radius 1 is 1.10 bits per heavy atom. The maximum atomic E-state index is 13.2. The van der Waals surface area contributed by atoms with E-state index in [4.69, 9.17) is 0 Å². The van der Waals surface area contributed by atoms with E-state index in [9.17, 15) is 14.4 Å². The van der Waals surface area contributed by atoms with Crippen LogP contribution in [-0.2, 0) is 17.9 Å². The molecule has 0 aliphatic heterocycles. The topological polar surface area (TPSA) is 61.1 Å². The summed E-state index contributed by atoms with van der Waals surface area (Å²) in [4.78, 5) is 14.6. The van der Waals surface area contributed by atoms with Gasteiger partial charge in [-0.1, -0.05) is 42.5 Å². The molecule has 6 heteroatoms. The molecule has 0 saturated heterocycles. The Morgan fingerprint density at radius 3 is 2.40 bits per heavy atom. The van der Waals surface area contributed by atoms with Crippen molar-refractivity contribution in [3.05, 3.63) is 88.4 Å². The normalized spacial score (nSPS) is 10.8. The second kappa shape index (κ2) is 9.38. The van der Waals surface area contributed by atoms with Crippen molar-refractivity contribution in [1.29, 1.82) is 5.26 Å². The van der Waals surface area contributed by atoms with Gasteiger partial charge in [0.25, 0.3) is 0 Å². The van der Waals surface area contributed by atoms with Gasteiger partial charge in [0.05, 0.1) is 12.1 Å². The number of nitrogens with one attached hydrogen (secondary N) is 1. The van der Waals surface area contributed by atoms with Crippen molar-refractivity contribution in [2.75, 3.05) is 18.9 Å². The van der Waals surface area contributed by atoms with Gasteiger partial charge in [-0.15, -0.1) is 0 Å². The molecule has 154 valence electrons. The Hall–Kier alpha value is -3.43. The lowest BCUT2D eigenvalue weighted by Gasteiger charge is -2.18. The first-order chi connectivity index (χ1) is 14.4. The van der Waals surface area contributed by atoms with Crippen molar-refractivity contribution in [1.82, 2.24) is 9.47 Å². The fraction of sp³-hybridized carbons (Fsp3) is 0.250. The van der Waals surface area contributed by atoms with Gasteiger partial charge < -0.3 is 9.88 Å². The second-order valence-corrected chi connectivity index (χ2v) is 7.46. The number of benzene rings is 2. The lowest BCUT2D eigenvalue weighted by Crippen LogP contribution is -2.30. The number of rotatable bonds is 7. The van der Waals surface area contributed by atoms with E-state index >= 15 is 0 Å². The zero-order chi connectivity index (χ0) is 21.7. The highest BCUT2D eigenvalue weighted by Gasteiger charge is 2.20. The molecule has 0 fully saturated rings. The summed E-state index contributed by atoms with van der Waals surface area (Å²) in [5.41, 5.74) is 4.18. The number of nitrogens with zero attached hydrogens (tertiary/aromatic N) is 3. The van der Waals surface area contributed by atoms with E-state index in [1.54, 1.807) is 12.1 Å². The molecule has 0 atom stereocenters. The van der Waals surface area contributed by atoms with Gasteiger partial charge in [-0.25, -0.2) is 4.39 Å². The fourth-order valence-electron chi connectivity index (χ4n) is 3.47. The molecule has 0 spiro atoms. The number of halogens is 1. The molecule has 30 heavy (non-hydrogen) atoms. The maximum Gasteiger partial charge on any atom is 0.239 e. The van der Waals surface area contributed by atoms with E-state index in [0.717, 1.165) is 22.4 Å². The smallest absolute Gasteiger partial charge is 0.239 e. The molecule has 3 aromatic rings. The number of aromatic nitrogens is 1. The Morgan fingerprint density at radius 2 is 1.77 bits per heavy atom. The van der Waals surface area contributed by atoms with E-state index in [-0.39, 0.29) is 18.3 Å². The van der Waals surface area contributed by atoms with Crippen LogP contribution >= 0.6 is 0 Å². The molecule has 2 aromatic carbocycles. The van der Waals surface area contributed by atoms with Crippen molar-refractivity contribution >= 4 is 11.7 Å². The Kier molecular flexibility index (Phi) is 6.65. The van der Waals surface area contributed by atoms with E-state index in [1.807, 2.05) is 60.7 Å². The van der Waals surface area contributed by atoms with Crippen molar-refractivity contribution in [2.24, 2.45) is 0 Å². The summed E-state index contributed by atoms with van der Waals surface area (Å²) < 4.78 is 15.1. The van der Waals surface area contributed by atoms with Crippen LogP contribution in [-0.4, -0.2) is 29.0 Å². The molecule has 1 amide bonds. The molecule has 1 aromatic heterocycles. The molecule has 0 saturated carbocycles. The van der Waals surface area contributed by atoms with Gasteiger partial charge in [0.2, 0.25) is 5.91 Å². The molecule has 1 heterocycles. The van der Waals surface area contributed by atoms with Gasteiger partial charge in [0.15, 0.2) is 0 Å². The van der Waals surface area contributed by atoms with Gasteiger partial charge in [0.1, 0.15) is 17.7 Å². The first-order valence-electron chi connectivity index (χ1n) is 9.75. The highest BCUT2D eigenvalue weighted by molar-refractivity contribution is 5.93. The molecule has 0 radical (unpaired) electrons. The molecule has 0 unspecified atom stereocenters. The van der Waals surface area contributed by atoms with Crippen LogP contribution in [0.2, 0.25) is 0 Å². The number of nitriles is 1. The van der Waals surface area contributed by atoms with Crippen LogP contribution in [0.15, 0.2) is 54.6 Å². The summed E-state index contributed by atoms with van der Waals surface area (Å²) in [6.45, 7) is 5.06. The van der Waals surface area contributed by atoms with E-state index in [2.05, 4.69) is 11.4 Å². The molecule has 0 aliphatic carbocycles. The number of likely N-dealkylation sites (N-methyl/N-ethyl adjacent to an activating group) is 1. The fourth-order valence-corrected chi connectivity index (χ4v) is 3.47. The molecular formula is C24H25FN4O. The van der Waals surface area contributed by atoms with Gasteiger partial charge in [-0.2, -0.15) is 5.26 Å². The van der Waals surface area contributed by atoms with Crippen LogP contribution in [0.3, 0.4) is 0 Å². The summed E-state index contributed by atoms with van der Waals surface area (Å²) in [6.07, 6.45) is 0. The summed E-state index contributed by atoms with van der Waals surface area (Å²) in [5.74, 6) is -0.00965. The Balaban J connectivity index is 1.78. The largest absolute Gasteiger partial charge is 0.326 e. The van der Waals surface area contributed by atoms with E-state index < -0.39 is 0 Å².